The van der Waals surface area contributed by atoms with Gasteiger partial charge in [0.1, 0.15) is 52.4 Å². The molecule has 8 atom stereocenters. The van der Waals surface area contributed by atoms with E-state index < -0.39 is 19.2 Å². The minimum absolute atomic E-state index is 0. The van der Waals surface area contributed by atoms with Gasteiger partial charge < -0.3 is 52.1 Å². The van der Waals surface area contributed by atoms with Crippen molar-refractivity contribution < 1.29 is 28.0 Å². The van der Waals surface area contributed by atoms with E-state index in [1.54, 1.807) is 24.6 Å². The van der Waals surface area contributed by atoms with Crippen LogP contribution < -0.4 is 41.9 Å². The molecule has 3 aliphatic carbocycles. The molecule has 1 saturated heterocycles. The van der Waals surface area contributed by atoms with E-state index in [9.17, 15) is 39.5 Å². The molecule has 0 amide bonds. The monoisotopic (exact) mass is 1250 g/mol. The van der Waals surface area contributed by atoms with Gasteiger partial charge in [-0.15, -0.1) is 0 Å². The van der Waals surface area contributed by atoms with Gasteiger partial charge in [-0.1, -0.05) is 77.9 Å². The zero-order valence-electron chi connectivity index (χ0n) is 52.0. The van der Waals surface area contributed by atoms with Crippen molar-refractivity contribution in [2.75, 3.05) is 75.8 Å². The van der Waals surface area contributed by atoms with Gasteiger partial charge in [0.15, 0.2) is 0 Å². The molecular formula is C65H91N17O5S2. The van der Waals surface area contributed by atoms with Crippen molar-refractivity contribution in [3.63, 3.8) is 0 Å². The standard InChI is InChI=1S/C24H32N6O.C21H27N5O2S.C20H26N6O2S.3H2/c1-24(2)20(14-21(24)31)28-22-18(15-25)16-27-23(29-22)26-11-10-17-6-8-19(9-7-17)30-12-4-3-5-13-30;1-21(2)17(11-18(21)27)25-19-15(12-22)13-24-20(26-19)23-10-9-14-5-7-16(8-6-14)29(3,4)28;1-20(2)16(10-17(20)27)25-18-14(11-21)12-24-19(26-18)23-9-8-13-4-6-15(7-5-13)29(3,22)28;;;/h6-9,16,20-21,31H,3-5,10-14H2,1-2H3,(H2,26,27,28,29);5-8,13,17-18,27H,3,9-11H2,1-2,4H3,(H2,23,24,25,26);4-7,12,16-17,27H,3,8-10H2,1-2H3,(H2,22,28)(H2,23,24,25,26);3*1H/t20-,21+;17-,18+,29?;16-,17+,29?;;;/m111.../s1. The first kappa shape index (κ1) is 66.8. The Hall–Kier alpha value is -8.15. The van der Waals surface area contributed by atoms with Gasteiger partial charge in [0, 0.05) is 93.1 Å². The Kier molecular flexibility index (Phi) is 21.4. The predicted molar refractivity (Wildman–Crippen MR) is 361 cm³/mol. The van der Waals surface area contributed by atoms with Crippen LogP contribution in [0.15, 0.2) is 101 Å². The molecule has 3 aromatic carbocycles. The number of nitrogens with zero attached hydrogens (tertiary/aromatic N) is 10. The Bertz CT molecular complexity index is 3620. The molecule has 3 aromatic heterocycles. The molecule has 4 fully saturated rings. The highest BCUT2D eigenvalue weighted by Crippen LogP contribution is 2.44. The zero-order valence-corrected chi connectivity index (χ0v) is 53.6. The fourth-order valence-corrected chi connectivity index (χ4v) is 12.0. The van der Waals surface area contributed by atoms with Gasteiger partial charge >= 0.3 is 0 Å². The number of nitrogens with two attached hydrogens (primary N) is 1. The van der Waals surface area contributed by atoms with Crippen molar-refractivity contribution in [1.82, 2.24) is 29.9 Å². The van der Waals surface area contributed by atoms with Gasteiger partial charge in [0.2, 0.25) is 17.8 Å². The quantitative estimate of drug-likeness (QED) is 0.0304. The Morgan fingerprint density at radius 1 is 0.551 bits per heavy atom. The summed E-state index contributed by atoms with van der Waals surface area (Å²) in [6, 6.07) is 30.1. The first-order valence-corrected chi connectivity index (χ1v) is 34.0. The van der Waals surface area contributed by atoms with Gasteiger partial charge in [-0.25, -0.2) is 19.2 Å². The summed E-state index contributed by atoms with van der Waals surface area (Å²) >= 11 is 0. The smallest absolute Gasteiger partial charge is 0.224 e. The number of hydrogen-bond donors (Lipinski definition) is 10. The number of nitrogens with one attached hydrogen (secondary N) is 6. The van der Waals surface area contributed by atoms with E-state index in [2.05, 4.69) is 121 Å². The van der Waals surface area contributed by atoms with Crippen molar-refractivity contribution >= 4 is 72.0 Å². The van der Waals surface area contributed by atoms with Gasteiger partial charge in [-0.2, -0.15) is 30.7 Å². The van der Waals surface area contributed by atoms with Crippen LogP contribution in [0.2, 0.25) is 0 Å². The summed E-state index contributed by atoms with van der Waals surface area (Å²) in [4.78, 5) is 29.8. The van der Waals surface area contributed by atoms with Crippen LogP contribution in [-0.2, 0) is 38.5 Å². The van der Waals surface area contributed by atoms with E-state index in [1.807, 2.05) is 77.9 Å². The molecule has 22 nitrogen and oxygen atoms in total. The molecule has 1 aliphatic heterocycles. The van der Waals surface area contributed by atoms with E-state index in [0.29, 0.717) is 102 Å². The lowest BCUT2D eigenvalue weighted by Crippen LogP contribution is -2.57. The zero-order chi connectivity index (χ0) is 64.3. The molecule has 0 radical (unpaired) electrons. The summed E-state index contributed by atoms with van der Waals surface area (Å²) in [5.41, 5.74) is 5.08. The third-order valence-electron chi connectivity index (χ3n) is 17.8. The number of nitriles is 3. The molecule has 89 heavy (non-hydrogen) atoms. The summed E-state index contributed by atoms with van der Waals surface area (Å²) in [7, 11) is -4.90. The van der Waals surface area contributed by atoms with Crippen LogP contribution in [-0.4, -0.2) is 141 Å². The lowest BCUT2D eigenvalue weighted by atomic mass is 9.64. The number of benzene rings is 3. The minimum Gasteiger partial charge on any atom is -0.392 e. The second-order valence-electron chi connectivity index (χ2n) is 25.3. The lowest BCUT2D eigenvalue weighted by Gasteiger charge is -2.49. The van der Waals surface area contributed by atoms with E-state index in [1.165, 1.54) is 42.9 Å². The molecule has 4 heterocycles. The minimum atomic E-state index is -2.70. The molecule has 4 aliphatic rings. The van der Waals surface area contributed by atoms with E-state index in [-0.39, 0.29) is 57.0 Å². The fraction of sp³-hybridized carbons (Fsp3) is 0.462. The normalized spacial score (nSPS) is 22.1. The number of hydrogen-bond acceptors (Lipinski definition) is 21. The molecule has 0 bridgehead atoms. The van der Waals surface area contributed by atoms with Gasteiger partial charge in [-0.05, 0) is 132 Å². The Morgan fingerprint density at radius 3 is 1.15 bits per heavy atom. The Labute approximate surface area is 528 Å². The lowest BCUT2D eigenvalue weighted by molar-refractivity contribution is -0.0512. The maximum atomic E-state index is 12.0. The number of aromatic nitrogens is 6. The summed E-state index contributed by atoms with van der Waals surface area (Å²) in [5, 5.41) is 82.9. The van der Waals surface area contributed by atoms with Crippen molar-refractivity contribution in [3.8, 4) is 18.2 Å². The molecule has 0 spiro atoms. The molecule has 11 N–H and O–H groups in total. The Balaban J connectivity index is 0.000000247. The third kappa shape index (κ3) is 17.0. The second kappa shape index (κ2) is 28.6. The highest BCUT2D eigenvalue weighted by molar-refractivity contribution is 7.99. The molecule has 478 valence electrons. The second-order valence-corrected chi connectivity index (χ2v) is 29.7. The van der Waals surface area contributed by atoms with Crippen LogP contribution in [0.3, 0.4) is 0 Å². The molecule has 24 heteroatoms. The molecule has 3 saturated carbocycles. The molecule has 6 aromatic rings. The van der Waals surface area contributed by atoms with E-state index in [4.69, 9.17) is 5.14 Å². The van der Waals surface area contributed by atoms with E-state index >= 15 is 0 Å². The van der Waals surface area contributed by atoms with Crippen LogP contribution in [0.5, 0.6) is 0 Å². The number of aliphatic hydroxyl groups excluding tert-OH is 3. The summed E-state index contributed by atoms with van der Waals surface area (Å²) in [5.74, 6) is 10.00. The largest absolute Gasteiger partial charge is 0.392 e. The van der Waals surface area contributed by atoms with E-state index in [0.717, 1.165) is 42.0 Å². The van der Waals surface area contributed by atoms with Gasteiger partial charge in [0.05, 0.1) is 46.6 Å². The third-order valence-corrected chi connectivity index (χ3v) is 20.1. The fourth-order valence-electron chi connectivity index (χ4n) is 10.7. The maximum absolute atomic E-state index is 12.0. The number of piperidine rings is 1. The summed E-state index contributed by atoms with van der Waals surface area (Å²) in [6.07, 6.45) is 13.2. The highest BCUT2D eigenvalue weighted by Gasteiger charge is 2.49. The van der Waals surface area contributed by atoms with Crippen LogP contribution >= 0.6 is 0 Å². The first-order chi connectivity index (χ1) is 42.2. The SMILES string of the molecule is C=S(C)(=O)c1ccc(CCNc2ncc(C#N)c(N[C@@H]3C[C@H](O)C3(C)C)n2)cc1.C=S(N)(=O)c1ccc(CCNc2ncc(C#N)c(N[C@@H]3C[C@H](O)C3(C)C)n2)cc1.CC1(C)[C@@H](O)C[C@H]1Nc1nc(NCCc2ccc(N3CCCCC3)cc2)ncc1C#N.[HH].[HH].[HH]. The van der Waals surface area contributed by atoms with Crippen LogP contribution in [0, 0.1) is 50.2 Å². The summed E-state index contributed by atoms with van der Waals surface area (Å²) < 4.78 is 23.7. The van der Waals surface area contributed by atoms with Crippen LogP contribution in [0.25, 0.3) is 0 Å². The van der Waals surface area contributed by atoms with Crippen molar-refractivity contribution in [2.24, 2.45) is 21.4 Å². The summed E-state index contributed by atoms with van der Waals surface area (Å²) in [6.45, 7) is 16.2. The molecule has 10 rings (SSSR count). The average Bonchev–Trinajstić information content (AvgIpc) is 0.830. The maximum Gasteiger partial charge on any atom is 0.224 e. The van der Waals surface area contributed by atoms with Crippen LogP contribution in [0.1, 0.15) is 118 Å². The van der Waals surface area contributed by atoms with Crippen molar-refractivity contribution in [2.45, 2.75) is 146 Å². The number of rotatable bonds is 21. The number of aliphatic hydroxyl groups is 3. The Morgan fingerprint density at radius 2 is 0.865 bits per heavy atom. The highest BCUT2D eigenvalue weighted by atomic mass is 32.2. The van der Waals surface area contributed by atoms with Crippen molar-refractivity contribution in [3.05, 3.63) is 125 Å². The van der Waals surface area contributed by atoms with Crippen molar-refractivity contribution in [1.29, 1.82) is 15.8 Å². The first-order valence-electron chi connectivity index (χ1n) is 30.1. The number of anilines is 7. The molecular weight excluding hydrogens is 1160 g/mol. The molecule has 2 unspecified atom stereocenters. The predicted octanol–water partition coefficient (Wildman–Crippen LogP) is 8.10. The van der Waals surface area contributed by atoms with Gasteiger partial charge in [0.25, 0.3) is 0 Å². The average molecular weight is 1250 g/mol. The van der Waals surface area contributed by atoms with Crippen LogP contribution in [0.4, 0.5) is 41.0 Å². The topological polar surface area (TPSA) is 345 Å². The van der Waals surface area contributed by atoms with Gasteiger partial charge in [-0.3, -0.25) is 9.35 Å².